The summed E-state index contributed by atoms with van der Waals surface area (Å²) in [4.78, 5) is 15.6. The van der Waals surface area contributed by atoms with Crippen LogP contribution >= 0.6 is 0 Å². The summed E-state index contributed by atoms with van der Waals surface area (Å²) in [6.45, 7) is 2.71. The van der Waals surface area contributed by atoms with Gasteiger partial charge in [0, 0.05) is 17.8 Å². The lowest BCUT2D eigenvalue weighted by atomic mass is 10.2. The first-order valence-electron chi connectivity index (χ1n) is 8.28. The Bertz CT molecular complexity index is 926. The van der Waals surface area contributed by atoms with Crippen molar-refractivity contribution in [1.82, 2.24) is 20.2 Å². The number of para-hydroxylation sites is 1. The molecule has 8 nitrogen and oxygen atoms in total. The van der Waals surface area contributed by atoms with Gasteiger partial charge in [-0.3, -0.25) is 4.79 Å². The minimum Gasteiger partial charge on any atom is -0.454 e. The monoisotopic (exact) mass is 351 g/mol. The number of ether oxygens (including phenoxy) is 2. The molecule has 3 aromatic rings. The molecular formula is C18H17N5O3. The number of nitrogens with zero attached hydrogens (tertiary/aromatic N) is 5. The molecule has 1 aliphatic heterocycles. The Balaban J connectivity index is 1.50. The third-order valence-corrected chi connectivity index (χ3v) is 4.05. The highest BCUT2D eigenvalue weighted by Gasteiger charge is 2.18. The van der Waals surface area contributed by atoms with Crippen LogP contribution in [0.4, 0.5) is 5.69 Å². The maximum atomic E-state index is 12.6. The molecule has 0 aliphatic carbocycles. The lowest BCUT2D eigenvalue weighted by Crippen LogP contribution is -2.34. The first-order chi connectivity index (χ1) is 12.7. The van der Waals surface area contributed by atoms with Gasteiger partial charge in [0.2, 0.25) is 12.6 Å². The Labute approximate surface area is 149 Å². The van der Waals surface area contributed by atoms with Gasteiger partial charge in [0.1, 0.15) is 6.54 Å². The Morgan fingerprint density at radius 3 is 2.77 bits per heavy atom. The van der Waals surface area contributed by atoms with Crippen molar-refractivity contribution in [2.75, 3.05) is 18.2 Å². The van der Waals surface area contributed by atoms with E-state index in [1.807, 2.05) is 43.3 Å². The number of aromatic nitrogens is 4. The van der Waals surface area contributed by atoms with Gasteiger partial charge in [-0.2, -0.15) is 4.80 Å². The van der Waals surface area contributed by atoms with Crippen molar-refractivity contribution >= 4 is 11.6 Å². The molecule has 0 saturated heterocycles. The number of carbonyl (C=O) groups excluding carboxylic acids is 1. The lowest BCUT2D eigenvalue weighted by Gasteiger charge is -2.20. The van der Waals surface area contributed by atoms with Crippen LogP contribution in [0.5, 0.6) is 11.5 Å². The maximum Gasteiger partial charge on any atom is 0.250 e. The number of benzene rings is 2. The number of hydrogen-bond acceptors (Lipinski definition) is 6. The zero-order chi connectivity index (χ0) is 17.9. The van der Waals surface area contributed by atoms with E-state index >= 15 is 0 Å². The Kier molecular flexibility index (Phi) is 4.22. The Morgan fingerprint density at radius 2 is 1.96 bits per heavy atom. The number of likely N-dealkylation sites (N-methyl/N-ethyl adjacent to an activating group) is 1. The normalized spacial score (nSPS) is 12.2. The topological polar surface area (TPSA) is 82.4 Å². The molecule has 1 aromatic heterocycles. The van der Waals surface area contributed by atoms with Gasteiger partial charge in [-0.05, 0) is 42.5 Å². The summed E-state index contributed by atoms with van der Waals surface area (Å²) in [7, 11) is 0. The van der Waals surface area contributed by atoms with E-state index in [2.05, 4.69) is 15.4 Å². The first-order valence-corrected chi connectivity index (χ1v) is 8.28. The molecule has 2 heterocycles. The molecule has 0 radical (unpaired) electrons. The zero-order valence-electron chi connectivity index (χ0n) is 14.2. The Hall–Kier alpha value is -3.42. The van der Waals surface area contributed by atoms with Crippen LogP contribution in [0.25, 0.3) is 11.4 Å². The fourth-order valence-electron chi connectivity index (χ4n) is 2.78. The molecule has 1 amide bonds. The molecule has 132 valence electrons. The number of fused-ring (bicyclic) bond motifs is 1. The molecule has 0 spiro atoms. The molecule has 2 aromatic carbocycles. The molecule has 0 fully saturated rings. The number of carbonyl (C=O) groups is 1. The van der Waals surface area contributed by atoms with Crippen molar-refractivity contribution < 1.29 is 14.3 Å². The summed E-state index contributed by atoms with van der Waals surface area (Å²) >= 11 is 0. The average Bonchev–Trinajstić information content (AvgIpc) is 3.31. The number of rotatable bonds is 5. The quantitative estimate of drug-likeness (QED) is 0.700. The highest BCUT2D eigenvalue weighted by atomic mass is 16.7. The van der Waals surface area contributed by atoms with Crippen LogP contribution in [-0.4, -0.2) is 39.5 Å². The molecule has 8 heteroatoms. The lowest BCUT2D eigenvalue weighted by molar-refractivity contribution is -0.119. The first kappa shape index (κ1) is 16.1. The van der Waals surface area contributed by atoms with Crippen molar-refractivity contribution in [2.24, 2.45) is 0 Å². The third kappa shape index (κ3) is 3.08. The minimum absolute atomic E-state index is 0.0142. The second kappa shape index (κ2) is 6.83. The van der Waals surface area contributed by atoms with E-state index in [0.717, 1.165) is 11.3 Å². The molecule has 0 N–H and O–H groups in total. The van der Waals surface area contributed by atoms with Gasteiger partial charge in [-0.1, -0.05) is 18.2 Å². The van der Waals surface area contributed by atoms with Crippen molar-refractivity contribution in [1.29, 1.82) is 0 Å². The molecule has 4 rings (SSSR count). The number of anilines is 1. The highest BCUT2D eigenvalue weighted by Crippen LogP contribution is 2.34. The molecule has 1 aliphatic rings. The fraction of sp³-hybridized carbons (Fsp3) is 0.222. The average molecular weight is 351 g/mol. The summed E-state index contributed by atoms with van der Waals surface area (Å²) in [6.07, 6.45) is 0. The second-order valence-electron chi connectivity index (χ2n) is 5.69. The van der Waals surface area contributed by atoms with E-state index in [-0.39, 0.29) is 19.2 Å². The second-order valence-corrected chi connectivity index (χ2v) is 5.69. The van der Waals surface area contributed by atoms with Crippen LogP contribution in [-0.2, 0) is 11.3 Å². The van der Waals surface area contributed by atoms with Crippen LogP contribution in [0.3, 0.4) is 0 Å². The van der Waals surface area contributed by atoms with Gasteiger partial charge < -0.3 is 14.4 Å². The van der Waals surface area contributed by atoms with E-state index in [9.17, 15) is 4.79 Å². The highest BCUT2D eigenvalue weighted by molar-refractivity contribution is 5.92. The van der Waals surface area contributed by atoms with Crippen LogP contribution in [0, 0.1) is 0 Å². The zero-order valence-corrected chi connectivity index (χ0v) is 14.2. The van der Waals surface area contributed by atoms with E-state index in [4.69, 9.17) is 9.47 Å². The van der Waals surface area contributed by atoms with Gasteiger partial charge >= 0.3 is 0 Å². The van der Waals surface area contributed by atoms with Gasteiger partial charge in [-0.15, -0.1) is 10.2 Å². The van der Waals surface area contributed by atoms with Crippen LogP contribution in [0.2, 0.25) is 0 Å². The summed E-state index contributed by atoms with van der Waals surface area (Å²) in [5, 5.41) is 12.3. The van der Waals surface area contributed by atoms with E-state index in [1.165, 1.54) is 4.80 Å². The summed E-state index contributed by atoms with van der Waals surface area (Å²) in [5.74, 6) is 1.67. The Morgan fingerprint density at radius 1 is 1.15 bits per heavy atom. The van der Waals surface area contributed by atoms with Gasteiger partial charge in [0.05, 0.1) is 0 Å². The molecular weight excluding hydrogens is 334 g/mol. The van der Waals surface area contributed by atoms with Crippen molar-refractivity contribution in [3.8, 4) is 22.9 Å². The van der Waals surface area contributed by atoms with Crippen molar-refractivity contribution in [2.45, 2.75) is 13.5 Å². The fourth-order valence-corrected chi connectivity index (χ4v) is 2.78. The molecule has 0 atom stereocenters. The molecule has 26 heavy (non-hydrogen) atoms. The number of amides is 1. The van der Waals surface area contributed by atoms with Gasteiger partial charge in [-0.25, -0.2) is 0 Å². The van der Waals surface area contributed by atoms with Crippen LogP contribution in [0.1, 0.15) is 6.92 Å². The van der Waals surface area contributed by atoms with E-state index < -0.39 is 0 Å². The summed E-state index contributed by atoms with van der Waals surface area (Å²) in [6, 6.07) is 14.9. The van der Waals surface area contributed by atoms with Gasteiger partial charge in [0.15, 0.2) is 11.5 Å². The van der Waals surface area contributed by atoms with Crippen molar-refractivity contribution in [3.05, 3.63) is 48.5 Å². The van der Waals surface area contributed by atoms with Crippen LogP contribution < -0.4 is 14.4 Å². The summed E-state index contributed by atoms with van der Waals surface area (Å²) < 4.78 is 10.7. The third-order valence-electron chi connectivity index (χ3n) is 4.05. The SMILES string of the molecule is CCN(C(=O)Cn1nnc(-c2ccc3c(c2)OCO3)n1)c1ccccc1. The van der Waals surface area contributed by atoms with E-state index in [0.29, 0.717) is 23.9 Å². The van der Waals surface area contributed by atoms with E-state index in [1.54, 1.807) is 17.0 Å². The van der Waals surface area contributed by atoms with Crippen LogP contribution in [0.15, 0.2) is 48.5 Å². The number of tetrazole rings is 1. The molecule has 0 saturated carbocycles. The molecule has 0 unspecified atom stereocenters. The predicted octanol–water partition coefficient (Wildman–Crippen LogP) is 2.12. The minimum atomic E-state index is -0.103. The van der Waals surface area contributed by atoms with Crippen molar-refractivity contribution in [3.63, 3.8) is 0 Å². The number of hydrogen-bond donors (Lipinski definition) is 0. The maximum absolute atomic E-state index is 12.6. The molecule has 0 bridgehead atoms. The predicted molar refractivity (Wildman–Crippen MR) is 93.8 cm³/mol. The standard InChI is InChI=1S/C18H17N5O3/c1-2-22(14-6-4-3-5-7-14)17(24)11-23-20-18(19-21-23)13-8-9-15-16(10-13)26-12-25-15/h3-10H,2,11-12H2,1H3. The smallest absolute Gasteiger partial charge is 0.250 e. The van der Waals surface area contributed by atoms with Gasteiger partial charge in [0.25, 0.3) is 5.91 Å². The largest absolute Gasteiger partial charge is 0.454 e. The summed E-state index contributed by atoms with van der Waals surface area (Å²) in [5.41, 5.74) is 1.60.